The summed E-state index contributed by atoms with van der Waals surface area (Å²) in [7, 11) is 0. The predicted octanol–water partition coefficient (Wildman–Crippen LogP) is 16.0. The zero-order valence-corrected chi connectivity index (χ0v) is 37.5. The lowest BCUT2D eigenvalue weighted by atomic mass is 9.80. The van der Waals surface area contributed by atoms with Crippen molar-refractivity contribution >= 4 is 11.6 Å². The van der Waals surface area contributed by atoms with Gasteiger partial charge in [-0.25, -0.2) is 0 Å². The van der Waals surface area contributed by atoms with Crippen LogP contribution in [0.4, 0.5) is 0 Å². The van der Waals surface area contributed by atoms with Gasteiger partial charge in [0.15, 0.2) is 0 Å². The first-order chi connectivity index (χ1) is 24.6. The van der Waals surface area contributed by atoms with Gasteiger partial charge in [-0.3, -0.25) is 0 Å². The number of rotatable bonds is 23. The van der Waals surface area contributed by atoms with Crippen molar-refractivity contribution in [3.05, 3.63) is 0 Å². The molecule has 0 aromatic carbocycles. The summed E-state index contributed by atoms with van der Waals surface area (Å²) in [5, 5.41) is 0. The van der Waals surface area contributed by atoms with Gasteiger partial charge in [0, 0.05) is 19.4 Å². The number of Topliss-reactive ketones (excluding diaryl/α,β-unsaturated/α-hetero) is 2. The molecule has 3 heteroatoms. The highest BCUT2D eigenvalue weighted by atomic mass is 16.1. The van der Waals surface area contributed by atoms with Crippen LogP contribution in [0.25, 0.3) is 0 Å². The molecule has 3 fully saturated rings. The molecule has 51 heavy (non-hydrogen) atoms. The summed E-state index contributed by atoms with van der Waals surface area (Å²) in [6.07, 6.45) is 38.3. The first-order valence-electron chi connectivity index (χ1n) is 23.3. The third kappa shape index (κ3) is 45.4. The van der Waals surface area contributed by atoms with E-state index < -0.39 is 0 Å². The van der Waals surface area contributed by atoms with E-state index in [2.05, 4.69) is 46.4 Å². The van der Waals surface area contributed by atoms with Crippen molar-refractivity contribution in [3.8, 4) is 0 Å². The zero-order valence-electron chi connectivity index (χ0n) is 37.5. The summed E-state index contributed by atoms with van der Waals surface area (Å²) >= 11 is 0. The molecule has 0 aromatic heterocycles. The molecule has 0 N–H and O–H groups in total. The third-order valence-electron chi connectivity index (χ3n) is 10.8. The Hall–Kier alpha value is -0.700. The second-order valence-corrected chi connectivity index (χ2v) is 16.7. The van der Waals surface area contributed by atoms with Gasteiger partial charge in [0.1, 0.15) is 11.6 Å². The van der Waals surface area contributed by atoms with Gasteiger partial charge in [0.05, 0.1) is 0 Å². The van der Waals surface area contributed by atoms with Crippen LogP contribution in [0.1, 0.15) is 256 Å². The van der Waals surface area contributed by atoms with E-state index in [1.807, 2.05) is 20.8 Å². The second-order valence-electron chi connectivity index (χ2n) is 16.7. The molecule has 1 atom stereocenters. The van der Waals surface area contributed by atoms with Gasteiger partial charge in [0.2, 0.25) is 0 Å². The summed E-state index contributed by atoms with van der Waals surface area (Å²) in [5.74, 6) is 4.61. The lowest BCUT2D eigenvalue weighted by Gasteiger charge is -2.26. The van der Waals surface area contributed by atoms with Crippen molar-refractivity contribution in [2.24, 2.45) is 23.7 Å². The second kappa shape index (κ2) is 43.7. The van der Waals surface area contributed by atoms with Crippen LogP contribution in [0.3, 0.4) is 0 Å². The summed E-state index contributed by atoms with van der Waals surface area (Å²) in [5.41, 5.74) is 0. The Balaban J connectivity index is -0.000000627. The maximum absolute atomic E-state index is 10.7. The van der Waals surface area contributed by atoms with Gasteiger partial charge >= 0.3 is 0 Å². The molecule has 3 aliphatic rings. The van der Waals surface area contributed by atoms with Crippen LogP contribution in [-0.4, -0.2) is 36.1 Å². The van der Waals surface area contributed by atoms with Crippen LogP contribution in [-0.2, 0) is 9.59 Å². The minimum atomic E-state index is 0.289. The summed E-state index contributed by atoms with van der Waals surface area (Å²) < 4.78 is 0. The number of likely N-dealkylation sites (tertiary alicyclic amines) is 1. The van der Waals surface area contributed by atoms with E-state index >= 15 is 0 Å². The quantitative estimate of drug-likeness (QED) is 0.0986. The molecule has 1 heterocycles. The zero-order chi connectivity index (χ0) is 39.0. The Morgan fingerprint density at radius 1 is 0.608 bits per heavy atom. The fourth-order valence-electron chi connectivity index (χ4n) is 6.35. The van der Waals surface area contributed by atoms with Crippen LogP contribution in [0, 0.1) is 23.7 Å². The van der Waals surface area contributed by atoms with E-state index in [9.17, 15) is 9.59 Å². The van der Waals surface area contributed by atoms with Crippen molar-refractivity contribution in [3.63, 3.8) is 0 Å². The van der Waals surface area contributed by atoms with Crippen molar-refractivity contribution < 1.29 is 9.59 Å². The minimum Gasteiger partial charge on any atom is -0.303 e. The standard InChI is InChI=1S/C18H36.C14H27NO.C5H10O.C5H12.C4H8.C2H6/c1-3-5-7-11-17(12-8-6-4-2)13-9-14-18-15-10-16-18;1-13-9-11-15(12-13)10-7-5-3-4-6-8-14(2)16;1-3-4-5(2)6;1-4-5(2)3;1-2-4-3-1;1-2/h17-18H,3-16H2,1-2H3;13H,3-12H2,1-2H3;3-4H2,1-2H3;5H,4H2,1-3H3;1-4H2;1-2H3. The molecule has 0 spiro atoms. The molecule has 1 saturated heterocycles. The van der Waals surface area contributed by atoms with Gasteiger partial charge in [-0.1, -0.05) is 204 Å². The third-order valence-corrected chi connectivity index (χ3v) is 10.8. The summed E-state index contributed by atoms with van der Waals surface area (Å²) in [6, 6.07) is 0. The van der Waals surface area contributed by atoms with E-state index in [-0.39, 0.29) is 5.78 Å². The van der Waals surface area contributed by atoms with Crippen molar-refractivity contribution in [2.45, 2.75) is 256 Å². The molecule has 3 nitrogen and oxygen atoms in total. The van der Waals surface area contributed by atoms with Gasteiger partial charge in [0.25, 0.3) is 0 Å². The average molecular weight is 722 g/mol. The van der Waals surface area contributed by atoms with Gasteiger partial charge in [-0.15, -0.1) is 0 Å². The highest BCUT2D eigenvalue weighted by Crippen LogP contribution is 2.32. The first-order valence-corrected chi connectivity index (χ1v) is 23.3. The van der Waals surface area contributed by atoms with Crippen LogP contribution < -0.4 is 0 Å². The molecule has 0 amide bonds. The maximum atomic E-state index is 10.7. The molecule has 0 radical (unpaired) electrons. The van der Waals surface area contributed by atoms with Crippen LogP contribution >= 0.6 is 0 Å². The fourth-order valence-corrected chi connectivity index (χ4v) is 6.35. The van der Waals surface area contributed by atoms with Gasteiger partial charge < -0.3 is 14.5 Å². The molecule has 2 aliphatic carbocycles. The van der Waals surface area contributed by atoms with E-state index in [1.54, 1.807) is 13.8 Å². The topological polar surface area (TPSA) is 37.4 Å². The lowest BCUT2D eigenvalue weighted by molar-refractivity contribution is -0.117. The van der Waals surface area contributed by atoms with E-state index in [0.29, 0.717) is 5.78 Å². The molecule has 3 rings (SSSR count). The molecule has 1 aliphatic heterocycles. The number of carbonyl (C=O) groups is 2. The Morgan fingerprint density at radius 3 is 1.45 bits per heavy atom. The van der Waals surface area contributed by atoms with Crippen LogP contribution in [0.5, 0.6) is 0 Å². The monoisotopic (exact) mass is 722 g/mol. The molecule has 0 aromatic rings. The smallest absolute Gasteiger partial charge is 0.129 e. The predicted molar refractivity (Wildman–Crippen MR) is 232 cm³/mol. The number of hydrogen-bond donors (Lipinski definition) is 0. The van der Waals surface area contributed by atoms with Crippen molar-refractivity contribution in [1.82, 2.24) is 4.90 Å². The Bertz CT molecular complexity index is 667. The number of unbranched alkanes of at least 4 members (excludes halogenated alkanes) is 8. The fraction of sp³-hybridized carbons (Fsp3) is 0.958. The number of ketones is 2. The average Bonchev–Trinajstić information content (AvgIpc) is 3.47. The van der Waals surface area contributed by atoms with Gasteiger partial charge in [-0.2, -0.15) is 0 Å². The van der Waals surface area contributed by atoms with Crippen molar-refractivity contribution in [2.75, 3.05) is 19.6 Å². The maximum Gasteiger partial charge on any atom is 0.129 e. The minimum absolute atomic E-state index is 0.289. The lowest BCUT2D eigenvalue weighted by Crippen LogP contribution is -2.21. The van der Waals surface area contributed by atoms with E-state index in [1.165, 1.54) is 174 Å². The van der Waals surface area contributed by atoms with E-state index in [4.69, 9.17) is 0 Å². The van der Waals surface area contributed by atoms with Crippen LogP contribution in [0.15, 0.2) is 0 Å². The molecular weight excluding hydrogens is 623 g/mol. The molecule has 0 bridgehead atoms. The number of hydrogen-bond acceptors (Lipinski definition) is 3. The van der Waals surface area contributed by atoms with Crippen molar-refractivity contribution in [1.29, 1.82) is 0 Å². The van der Waals surface area contributed by atoms with E-state index in [0.717, 1.165) is 49.4 Å². The Morgan fingerprint density at radius 2 is 1.10 bits per heavy atom. The number of carbonyl (C=O) groups excluding carboxylic acids is 2. The highest BCUT2D eigenvalue weighted by Gasteiger charge is 2.18. The Kier molecular flexibility index (Phi) is 46.8. The first kappa shape index (κ1) is 54.6. The van der Waals surface area contributed by atoms with Gasteiger partial charge in [-0.05, 0) is 76.3 Å². The molecular formula is C48H99NO2. The molecule has 1 unspecified atom stereocenters. The normalized spacial score (nSPS) is 16.4. The Labute approximate surface area is 324 Å². The van der Waals surface area contributed by atoms with Crippen LogP contribution in [0.2, 0.25) is 0 Å². The number of nitrogens with zero attached hydrogens (tertiary/aromatic N) is 1. The highest BCUT2D eigenvalue weighted by molar-refractivity contribution is 5.75. The molecule has 308 valence electrons. The summed E-state index contributed by atoms with van der Waals surface area (Å²) in [4.78, 5) is 23.4. The molecule has 2 saturated carbocycles. The summed E-state index contributed by atoms with van der Waals surface area (Å²) in [6.45, 7) is 26.9. The largest absolute Gasteiger partial charge is 0.303 e. The SMILES string of the molecule is C1CCC1.CC.CC(=O)CCCCCCCN1CCC(C)C1.CCC(C)C.CCCC(C)=O.CCCCCC(CCCCC)CCCC1CCC1.